The molecule has 4 rings (SSSR count). The monoisotopic (exact) mass is 391 g/mol. The van der Waals surface area contributed by atoms with Crippen molar-refractivity contribution in [3.63, 3.8) is 0 Å². The fourth-order valence-electron chi connectivity index (χ4n) is 3.54. The predicted molar refractivity (Wildman–Crippen MR) is 113 cm³/mol. The molecule has 150 valence electrons. The molecule has 29 heavy (non-hydrogen) atoms. The van der Waals surface area contributed by atoms with Gasteiger partial charge in [0.2, 0.25) is 11.7 Å². The lowest BCUT2D eigenvalue weighted by Gasteiger charge is -2.22. The highest BCUT2D eigenvalue weighted by Gasteiger charge is 2.24. The smallest absolute Gasteiger partial charge is 0.255 e. The molecule has 0 radical (unpaired) electrons. The second-order valence-electron chi connectivity index (χ2n) is 7.57. The zero-order valence-electron chi connectivity index (χ0n) is 16.9. The van der Waals surface area contributed by atoms with Crippen molar-refractivity contribution in [2.75, 3.05) is 37.4 Å². The fourth-order valence-corrected chi connectivity index (χ4v) is 3.54. The number of carbonyl (C=O) groups excluding carboxylic acids is 1. The molecule has 0 aliphatic carbocycles. The van der Waals surface area contributed by atoms with Crippen LogP contribution in [0, 0.1) is 6.92 Å². The number of benzene rings is 2. The molecule has 1 unspecified atom stereocenters. The molecule has 0 spiro atoms. The second-order valence-corrected chi connectivity index (χ2v) is 7.57. The van der Waals surface area contributed by atoms with Gasteiger partial charge in [-0.15, -0.1) is 0 Å². The van der Waals surface area contributed by atoms with Crippen molar-refractivity contribution in [2.24, 2.45) is 0 Å². The highest BCUT2D eigenvalue weighted by molar-refractivity contribution is 6.04. The van der Waals surface area contributed by atoms with Gasteiger partial charge < -0.3 is 19.6 Å². The van der Waals surface area contributed by atoms with E-state index in [1.165, 1.54) is 12.1 Å². The minimum Gasteiger partial charge on any atom is -0.370 e. The summed E-state index contributed by atoms with van der Waals surface area (Å²) in [5.41, 5.74) is 3.35. The number of anilines is 2. The van der Waals surface area contributed by atoms with Crippen LogP contribution in [0.25, 0.3) is 11.4 Å². The number of amides is 1. The molecule has 1 atom stereocenters. The molecule has 3 aromatic rings. The predicted octanol–water partition coefficient (Wildman–Crippen LogP) is 3.44. The van der Waals surface area contributed by atoms with Crippen LogP contribution in [0.5, 0.6) is 0 Å². The first kappa shape index (κ1) is 19.1. The Balaban J connectivity index is 1.38. The van der Waals surface area contributed by atoms with Gasteiger partial charge in [-0.2, -0.15) is 4.98 Å². The van der Waals surface area contributed by atoms with Gasteiger partial charge in [-0.3, -0.25) is 4.79 Å². The van der Waals surface area contributed by atoms with E-state index in [0.29, 0.717) is 23.3 Å². The molecule has 1 aliphatic rings. The molecule has 1 N–H and O–H groups in total. The molecule has 7 nitrogen and oxygen atoms in total. The Kier molecular flexibility index (Phi) is 5.31. The van der Waals surface area contributed by atoms with Gasteiger partial charge in [-0.05, 0) is 56.9 Å². The average Bonchev–Trinajstić information content (AvgIpc) is 3.38. The standard InChI is InChI=1S/C22H25N5O2/c1-15-23-21(25-29-15)16-4-6-17(7-5-16)22(28)24-18-8-10-19(11-9-18)27-13-12-20(14-27)26(2)3/h4-11,20H,12-14H2,1-3H3,(H,24,28). The van der Waals surface area contributed by atoms with Crippen LogP contribution in [0.4, 0.5) is 11.4 Å². The maximum Gasteiger partial charge on any atom is 0.255 e. The van der Waals surface area contributed by atoms with Crippen molar-refractivity contribution in [2.45, 2.75) is 19.4 Å². The summed E-state index contributed by atoms with van der Waals surface area (Å²) in [4.78, 5) is 21.4. The molecule has 1 fully saturated rings. The molecule has 1 aliphatic heterocycles. The SMILES string of the molecule is Cc1nc(-c2ccc(C(=O)Nc3ccc(N4CCC(N(C)C)C4)cc3)cc2)no1. The van der Waals surface area contributed by atoms with Crippen LogP contribution >= 0.6 is 0 Å². The van der Waals surface area contributed by atoms with Crippen molar-refractivity contribution in [3.05, 3.63) is 60.0 Å². The summed E-state index contributed by atoms with van der Waals surface area (Å²) in [5.74, 6) is 0.877. The third kappa shape index (κ3) is 4.30. The summed E-state index contributed by atoms with van der Waals surface area (Å²) in [6.45, 7) is 3.83. The molecule has 2 heterocycles. The molecular formula is C22H25N5O2. The van der Waals surface area contributed by atoms with E-state index in [0.717, 1.165) is 24.3 Å². The van der Waals surface area contributed by atoms with E-state index >= 15 is 0 Å². The number of rotatable bonds is 5. The van der Waals surface area contributed by atoms with Gasteiger partial charge in [-0.1, -0.05) is 17.3 Å². The molecule has 0 saturated carbocycles. The highest BCUT2D eigenvalue weighted by Crippen LogP contribution is 2.24. The highest BCUT2D eigenvalue weighted by atomic mass is 16.5. The van der Waals surface area contributed by atoms with Gasteiger partial charge >= 0.3 is 0 Å². The third-order valence-corrected chi connectivity index (χ3v) is 5.32. The number of hydrogen-bond acceptors (Lipinski definition) is 6. The summed E-state index contributed by atoms with van der Waals surface area (Å²) in [6.07, 6.45) is 1.17. The lowest BCUT2D eigenvalue weighted by molar-refractivity contribution is 0.102. The Hall–Kier alpha value is -3.19. The zero-order chi connectivity index (χ0) is 20.4. The van der Waals surface area contributed by atoms with Crippen LogP contribution in [0.15, 0.2) is 53.1 Å². The van der Waals surface area contributed by atoms with E-state index in [1.54, 1.807) is 19.1 Å². The normalized spacial score (nSPS) is 16.4. The Labute approximate surface area is 170 Å². The van der Waals surface area contributed by atoms with Gasteiger partial charge in [0.1, 0.15) is 0 Å². The summed E-state index contributed by atoms with van der Waals surface area (Å²) < 4.78 is 4.99. The minimum absolute atomic E-state index is 0.151. The third-order valence-electron chi connectivity index (χ3n) is 5.32. The Morgan fingerprint density at radius 1 is 1.14 bits per heavy atom. The topological polar surface area (TPSA) is 74.5 Å². The van der Waals surface area contributed by atoms with E-state index in [2.05, 4.69) is 51.5 Å². The molecule has 0 bridgehead atoms. The van der Waals surface area contributed by atoms with Crippen molar-refractivity contribution < 1.29 is 9.32 Å². The second kappa shape index (κ2) is 8.05. The number of carbonyl (C=O) groups is 1. The lowest BCUT2D eigenvalue weighted by Crippen LogP contribution is -2.31. The first-order chi connectivity index (χ1) is 14.0. The summed E-state index contributed by atoms with van der Waals surface area (Å²) >= 11 is 0. The number of aryl methyl sites for hydroxylation is 1. The van der Waals surface area contributed by atoms with E-state index in [4.69, 9.17) is 4.52 Å². The quantitative estimate of drug-likeness (QED) is 0.718. The molecule has 7 heteroatoms. The van der Waals surface area contributed by atoms with Gasteiger partial charge in [0, 0.05) is 48.6 Å². The number of nitrogens with one attached hydrogen (secondary N) is 1. The van der Waals surface area contributed by atoms with E-state index < -0.39 is 0 Å². The van der Waals surface area contributed by atoms with Gasteiger partial charge in [-0.25, -0.2) is 0 Å². The first-order valence-corrected chi connectivity index (χ1v) is 9.73. The maximum atomic E-state index is 12.5. The van der Waals surface area contributed by atoms with Crippen LogP contribution in [0.3, 0.4) is 0 Å². The summed E-state index contributed by atoms with van der Waals surface area (Å²) in [7, 11) is 4.26. The summed E-state index contributed by atoms with van der Waals surface area (Å²) in [6, 6.07) is 15.8. The number of hydrogen-bond donors (Lipinski definition) is 1. The number of nitrogens with zero attached hydrogens (tertiary/aromatic N) is 4. The van der Waals surface area contributed by atoms with Crippen LogP contribution < -0.4 is 10.2 Å². The van der Waals surface area contributed by atoms with Crippen LogP contribution in [0.1, 0.15) is 22.7 Å². The Morgan fingerprint density at radius 3 is 2.45 bits per heavy atom. The van der Waals surface area contributed by atoms with Crippen molar-refractivity contribution in [1.29, 1.82) is 0 Å². The number of aromatic nitrogens is 2. The van der Waals surface area contributed by atoms with E-state index in [1.807, 2.05) is 24.3 Å². The lowest BCUT2D eigenvalue weighted by atomic mass is 10.1. The van der Waals surface area contributed by atoms with Crippen LogP contribution in [-0.4, -0.2) is 54.2 Å². The van der Waals surface area contributed by atoms with Crippen molar-refractivity contribution in [3.8, 4) is 11.4 Å². The fraction of sp³-hybridized carbons (Fsp3) is 0.318. The minimum atomic E-state index is -0.151. The van der Waals surface area contributed by atoms with Gasteiger partial charge in [0.05, 0.1) is 0 Å². The molecule has 2 aromatic carbocycles. The van der Waals surface area contributed by atoms with Gasteiger partial charge in [0.15, 0.2) is 0 Å². The molecule has 1 aromatic heterocycles. The average molecular weight is 391 g/mol. The summed E-state index contributed by atoms with van der Waals surface area (Å²) in [5, 5.41) is 6.84. The Morgan fingerprint density at radius 2 is 1.86 bits per heavy atom. The van der Waals surface area contributed by atoms with Crippen molar-refractivity contribution in [1.82, 2.24) is 15.0 Å². The Bertz CT molecular complexity index is 979. The number of likely N-dealkylation sites (N-methyl/N-ethyl adjacent to an activating group) is 1. The zero-order valence-corrected chi connectivity index (χ0v) is 16.9. The van der Waals surface area contributed by atoms with E-state index in [9.17, 15) is 4.79 Å². The maximum absolute atomic E-state index is 12.5. The largest absolute Gasteiger partial charge is 0.370 e. The van der Waals surface area contributed by atoms with Gasteiger partial charge in [0.25, 0.3) is 5.91 Å². The molecule has 1 saturated heterocycles. The van der Waals surface area contributed by atoms with Crippen molar-refractivity contribution >= 4 is 17.3 Å². The molecular weight excluding hydrogens is 366 g/mol. The van der Waals surface area contributed by atoms with Crippen LogP contribution in [-0.2, 0) is 0 Å². The van der Waals surface area contributed by atoms with E-state index in [-0.39, 0.29) is 5.91 Å². The first-order valence-electron chi connectivity index (χ1n) is 9.73. The van der Waals surface area contributed by atoms with Crippen LogP contribution in [0.2, 0.25) is 0 Å². The molecule has 1 amide bonds.